The van der Waals surface area contributed by atoms with Gasteiger partial charge in [-0.05, 0) is 92.7 Å². The Labute approximate surface area is 163 Å². The summed E-state index contributed by atoms with van der Waals surface area (Å²) < 4.78 is 45.1. The van der Waals surface area contributed by atoms with Crippen LogP contribution in [0.4, 0.5) is 4.39 Å². The minimum atomic E-state index is -4.66. The van der Waals surface area contributed by atoms with Crippen LogP contribution >= 0.6 is 67.8 Å². The highest BCUT2D eigenvalue weighted by Crippen LogP contribution is 2.22. The highest BCUT2D eigenvalue weighted by molar-refractivity contribution is 14.1. The van der Waals surface area contributed by atoms with Crippen LogP contribution in [0.25, 0.3) is 0 Å². The molecule has 0 radical (unpaired) electrons. The van der Waals surface area contributed by atoms with E-state index in [4.69, 9.17) is 4.55 Å². The fourth-order valence-corrected chi connectivity index (χ4v) is 4.30. The number of amides is 1. The molecule has 1 aromatic carbocycles. The first kappa shape index (κ1) is 19.8. The molecular weight excluding hydrogens is 642 g/mol. The smallest absolute Gasteiger partial charge is 0.297 e. The van der Waals surface area contributed by atoms with Gasteiger partial charge in [0.2, 0.25) is 5.50 Å². The van der Waals surface area contributed by atoms with Crippen molar-refractivity contribution in [2.75, 3.05) is 6.54 Å². The summed E-state index contributed by atoms with van der Waals surface area (Å²) in [5, 5.41) is 2.61. The lowest BCUT2D eigenvalue weighted by molar-refractivity contribution is 0.0951. The fourth-order valence-electron chi connectivity index (χ4n) is 1.43. The first-order chi connectivity index (χ1) is 9.62. The Bertz CT molecular complexity index is 639. The molecule has 5 nitrogen and oxygen atoms in total. The lowest BCUT2D eigenvalue weighted by Crippen LogP contribution is -2.26. The van der Waals surface area contributed by atoms with Gasteiger partial charge in [0, 0.05) is 17.3 Å². The van der Waals surface area contributed by atoms with Crippen LogP contribution in [0.1, 0.15) is 23.2 Å². The Hall–Kier alpha value is 0.720. The van der Waals surface area contributed by atoms with E-state index in [0.29, 0.717) is 5.56 Å². The zero-order chi connectivity index (χ0) is 16.2. The highest BCUT2D eigenvalue weighted by Gasteiger charge is 2.21. The zero-order valence-corrected chi connectivity index (χ0v) is 17.7. The lowest BCUT2D eigenvalue weighted by Gasteiger charge is -2.09. The van der Waals surface area contributed by atoms with E-state index in [9.17, 15) is 17.6 Å². The van der Waals surface area contributed by atoms with Crippen LogP contribution in [0.2, 0.25) is 0 Å². The van der Waals surface area contributed by atoms with Crippen LogP contribution < -0.4 is 5.32 Å². The highest BCUT2D eigenvalue weighted by atomic mass is 127. The summed E-state index contributed by atoms with van der Waals surface area (Å²) in [4.78, 5) is 12.0. The number of halogens is 4. The van der Waals surface area contributed by atoms with E-state index in [0.717, 1.165) is 10.7 Å². The molecule has 0 fully saturated rings. The maximum absolute atomic E-state index is 13.0. The lowest BCUT2D eigenvalue weighted by atomic mass is 10.2. The normalized spacial score (nSPS) is 13.0. The number of carbonyl (C=O) groups excluding carboxylic acids is 1. The molecule has 0 spiro atoms. The molecular formula is C11H11FI3NO4S. The SMILES string of the molecule is O=C(NCCCC(F)S(=O)(=O)O)c1cc(I)cc(I)c1I. The number of benzene rings is 1. The van der Waals surface area contributed by atoms with Crippen LogP contribution in [0, 0.1) is 10.7 Å². The van der Waals surface area contributed by atoms with Gasteiger partial charge in [0.1, 0.15) is 0 Å². The van der Waals surface area contributed by atoms with Crippen molar-refractivity contribution >= 4 is 83.8 Å². The molecule has 21 heavy (non-hydrogen) atoms. The van der Waals surface area contributed by atoms with Gasteiger partial charge in [0.25, 0.3) is 16.0 Å². The number of hydrogen-bond acceptors (Lipinski definition) is 3. The molecule has 2 N–H and O–H groups in total. The molecule has 1 rings (SSSR count). The van der Waals surface area contributed by atoms with Crippen LogP contribution in [0.5, 0.6) is 0 Å². The van der Waals surface area contributed by atoms with Crippen LogP contribution in [-0.2, 0) is 10.1 Å². The maximum atomic E-state index is 13.0. The third-order valence-corrected chi connectivity index (χ3v) is 7.00. The molecule has 0 saturated heterocycles. The predicted molar refractivity (Wildman–Crippen MR) is 103 cm³/mol. The molecule has 0 bridgehead atoms. The van der Waals surface area contributed by atoms with Crippen LogP contribution in [-0.4, -0.2) is 30.9 Å². The van der Waals surface area contributed by atoms with Gasteiger partial charge in [-0.15, -0.1) is 0 Å². The molecule has 10 heteroatoms. The molecule has 0 aromatic heterocycles. The maximum Gasteiger partial charge on any atom is 0.297 e. The van der Waals surface area contributed by atoms with E-state index in [-0.39, 0.29) is 25.3 Å². The van der Waals surface area contributed by atoms with Gasteiger partial charge in [-0.1, -0.05) is 0 Å². The Morgan fingerprint density at radius 1 is 1.33 bits per heavy atom. The van der Waals surface area contributed by atoms with Gasteiger partial charge in [-0.3, -0.25) is 9.35 Å². The van der Waals surface area contributed by atoms with E-state index in [2.05, 4.69) is 73.1 Å². The van der Waals surface area contributed by atoms with Gasteiger partial charge >= 0.3 is 0 Å². The quantitative estimate of drug-likeness (QED) is 0.214. The largest absolute Gasteiger partial charge is 0.352 e. The standard InChI is InChI=1S/C11H11FI3NO4S/c12-9(21(18,19)20)2-1-3-16-11(17)7-4-6(13)5-8(14)10(7)15/h4-5,9H,1-3H2,(H,16,17)(H,18,19,20). The number of rotatable bonds is 6. The molecule has 118 valence electrons. The summed E-state index contributed by atoms with van der Waals surface area (Å²) in [6, 6.07) is 3.69. The molecule has 0 aliphatic carbocycles. The predicted octanol–water partition coefficient (Wildman–Crippen LogP) is 3.19. The second kappa shape index (κ2) is 8.54. The summed E-state index contributed by atoms with van der Waals surface area (Å²) in [5.41, 5.74) is -1.79. The van der Waals surface area contributed by atoms with E-state index >= 15 is 0 Å². The average Bonchev–Trinajstić information content (AvgIpc) is 2.37. The average molecular weight is 653 g/mol. The Balaban J connectivity index is 2.56. The van der Waals surface area contributed by atoms with Crippen molar-refractivity contribution in [1.82, 2.24) is 5.32 Å². The molecule has 0 aliphatic heterocycles. The van der Waals surface area contributed by atoms with Crippen molar-refractivity contribution < 1.29 is 22.2 Å². The summed E-state index contributed by atoms with van der Waals surface area (Å²) in [7, 11) is -4.66. The van der Waals surface area contributed by atoms with Gasteiger partial charge in [-0.2, -0.15) is 8.42 Å². The Morgan fingerprint density at radius 2 is 1.95 bits per heavy atom. The molecule has 0 heterocycles. The number of nitrogens with one attached hydrogen (secondary N) is 1. The summed E-state index contributed by atoms with van der Waals surface area (Å²) in [5.74, 6) is -0.293. The van der Waals surface area contributed by atoms with E-state index in [1.165, 1.54) is 0 Å². The molecule has 1 aromatic rings. The molecule has 1 atom stereocenters. The van der Waals surface area contributed by atoms with Crippen molar-refractivity contribution in [3.8, 4) is 0 Å². The Kier molecular flexibility index (Phi) is 8.04. The van der Waals surface area contributed by atoms with Crippen LogP contribution in [0.3, 0.4) is 0 Å². The second-order valence-corrected chi connectivity index (χ2v) is 9.10. The van der Waals surface area contributed by atoms with E-state index in [1.807, 2.05) is 6.07 Å². The zero-order valence-electron chi connectivity index (χ0n) is 10.4. The first-order valence-electron chi connectivity index (χ1n) is 5.66. The molecule has 0 saturated carbocycles. The fraction of sp³-hybridized carbons (Fsp3) is 0.364. The van der Waals surface area contributed by atoms with Gasteiger partial charge < -0.3 is 5.32 Å². The van der Waals surface area contributed by atoms with Gasteiger partial charge in [0.05, 0.1) is 5.56 Å². The van der Waals surface area contributed by atoms with Crippen molar-refractivity contribution in [3.63, 3.8) is 0 Å². The van der Waals surface area contributed by atoms with Crippen molar-refractivity contribution in [2.24, 2.45) is 0 Å². The summed E-state index contributed by atoms with van der Waals surface area (Å²) >= 11 is 6.32. The van der Waals surface area contributed by atoms with Crippen molar-refractivity contribution in [3.05, 3.63) is 28.4 Å². The summed E-state index contributed by atoms with van der Waals surface area (Å²) in [6.45, 7) is 0.132. The van der Waals surface area contributed by atoms with Crippen molar-refractivity contribution in [1.29, 1.82) is 0 Å². The minimum Gasteiger partial charge on any atom is -0.352 e. The summed E-state index contributed by atoms with van der Waals surface area (Å²) in [6.07, 6.45) is -0.246. The Morgan fingerprint density at radius 3 is 2.52 bits per heavy atom. The number of carbonyl (C=O) groups is 1. The van der Waals surface area contributed by atoms with E-state index < -0.39 is 15.6 Å². The molecule has 1 amide bonds. The van der Waals surface area contributed by atoms with E-state index in [1.54, 1.807) is 6.07 Å². The second-order valence-electron chi connectivity index (χ2n) is 4.07. The molecule has 1 unspecified atom stereocenters. The van der Waals surface area contributed by atoms with Gasteiger partial charge in [-0.25, -0.2) is 4.39 Å². The topological polar surface area (TPSA) is 83.5 Å². The first-order valence-corrected chi connectivity index (χ1v) is 10.4. The minimum absolute atomic E-state index is 0.115. The third-order valence-electron chi connectivity index (χ3n) is 2.45. The van der Waals surface area contributed by atoms with Gasteiger partial charge in [0.15, 0.2) is 0 Å². The van der Waals surface area contributed by atoms with Crippen molar-refractivity contribution in [2.45, 2.75) is 18.3 Å². The number of hydrogen-bond donors (Lipinski definition) is 2. The van der Waals surface area contributed by atoms with Crippen LogP contribution in [0.15, 0.2) is 12.1 Å². The third kappa shape index (κ3) is 6.39. The number of alkyl halides is 1. The monoisotopic (exact) mass is 653 g/mol. The molecule has 0 aliphatic rings.